The molecule has 0 saturated heterocycles. The fraction of sp³-hybridized carbons (Fsp3) is 0.0741. The minimum atomic E-state index is -5.26. The Labute approximate surface area is 379 Å². The Morgan fingerprint density at radius 3 is 2.06 bits per heavy atom. The van der Waals surface area contributed by atoms with Crippen molar-refractivity contribution in [3.05, 3.63) is 84.4 Å². The van der Waals surface area contributed by atoms with Gasteiger partial charge in [-0.3, -0.25) is 14.0 Å². The fourth-order valence-corrected chi connectivity index (χ4v) is 6.72. The maximum Gasteiger partial charge on any atom is 1.00 e. The molecule has 0 aliphatic rings. The molecule has 0 aliphatic carbocycles. The molecule has 0 unspecified atom stereocenters. The van der Waals surface area contributed by atoms with E-state index in [1.165, 1.54) is 60.7 Å². The van der Waals surface area contributed by atoms with E-state index < -0.39 is 80.0 Å². The smallest absolute Gasteiger partial charge is 0.744 e. The van der Waals surface area contributed by atoms with Crippen molar-refractivity contribution in [2.45, 2.75) is 14.7 Å². The number of azo groups is 2. The minimum absolute atomic E-state index is 0. The van der Waals surface area contributed by atoms with E-state index in [-0.39, 0.29) is 129 Å². The van der Waals surface area contributed by atoms with Gasteiger partial charge in [0.25, 0.3) is 5.91 Å². The number of carbonyl (C=O) groups is 1. The molecule has 4 aromatic rings. The molecule has 0 spiro atoms. The number of carbonyl (C=O) groups excluding carboxylic acids is 1. The molecule has 4 rings (SSSR count). The van der Waals surface area contributed by atoms with Crippen molar-refractivity contribution >= 4 is 88.1 Å². The van der Waals surface area contributed by atoms with Crippen LogP contribution in [-0.2, 0) is 43.6 Å². The molecule has 1 amide bonds. The third kappa shape index (κ3) is 13.9. The Hall–Kier alpha value is -1.89. The largest absolute Gasteiger partial charge is 1.00 e. The number of nitrogen functional groups attached to an aromatic ring is 2. The van der Waals surface area contributed by atoms with Crippen LogP contribution in [0.4, 0.5) is 39.8 Å². The van der Waals surface area contributed by atoms with Gasteiger partial charge in [-0.1, -0.05) is 24.3 Å². The molecule has 4 aromatic carbocycles. The first-order chi connectivity index (χ1) is 24.0. The average Bonchev–Trinajstić information content (AvgIpc) is 3.07. The van der Waals surface area contributed by atoms with Crippen LogP contribution in [0.3, 0.4) is 0 Å². The van der Waals surface area contributed by atoms with Crippen molar-refractivity contribution in [2.75, 3.05) is 29.1 Å². The first-order valence-electron chi connectivity index (χ1n) is 13.6. The zero-order valence-corrected chi connectivity index (χ0v) is 37.6. The van der Waals surface area contributed by atoms with Gasteiger partial charge in [0.2, 0.25) is 0 Å². The molecule has 20 nitrogen and oxygen atoms in total. The monoisotopic (exact) mass is 849 g/mol. The number of nitrogens with two attached hydrogens (primary N) is 2. The summed E-state index contributed by atoms with van der Waals surface area (Å²) in [6.07, 6.45) is 0. The second-order valence-electron chi connectivity index (χ2n) is 9.72. The van der Waals surface area contributed by atoms with Crippen LogP contribution in [0.2, 0.25) is 0 Å². The number of benzene rings is 4. The van der Waals surface area contributed by atoms with E-state index in [0.29, 0.717) is 6.07 Å². The summed E-state index contributed by atoms with van der Waals surface area (Å²) in [6, 6.07) is 16.2. The SMILES string of the molecule is Nc1c(N=Nc2ccccc2S(=O)(=O)[O-])cc(S(=O)(=O)[O-])c(N)c1N=Nc1cccc(C(=O)Nc2cccc(S(=O)(=O)CCOSOO[O-])c2)c1.[Na+].[Na+].[Na+]. The molecule has 54 heavy (non-hydrogen) atoms. The minimum Gasteiger partial charge on any atom is -0.744 e. The first-order valence-corrected chi connectivity index (χ1v) is 18.7. The number of nitrogens with one attached hydrogen (secondary N) is 1. The average molecular weight is 850 g/mol. The molecule has 270 valence electrons. The maximum absolute atomic E-state index is 13.0. The summed E-state index contributed by atoms with van der Waals surface area (Å²) >= 11 is 0.154. The van der Waals surface area contributed by atoms with E-state index in [4.69, 9.17) is 15.7 Å². The van der Waals surface area contributed by atoms with E-state index in [0.717, 1.165) is 12.1 Å². The van der Waals surface area contributed by atoms with Gasteiger partial charge in [-0.2, -0.15) is 5.11 Å². The number of hydrogen-bond acceptors (Lipinski definition) is 20. The standard InChI is InChI=1S/C27H25N7O13S4.3Na/c28-24-21(33-32-20-9-1-2-10-22(20)50(39,40)41)15-23(51(42,43)44)25(29)26(24)34-31-18-7-3-5-16(13-18)27(35)30-17-6-4-8-19(14-17)49(37,38)12-11-45-48-47-46-36;;;/h1-10,13-15,36H,11-12,28-29H2,(H,30,35)(H,39,40,41)(H,42,43,44);;;/q;3*+1/p-3. The van der Waals surface area contributed by atoms with Gasteiger partial charge in [0.15, 0.2) is 22.2 Å². The van der Waals surface area contributed by atoms with Crippen molar-refractivity contribution in [2.24, 2.45) is 20.5 Å². The molecule has 5 N–H and O–H groups in total. The summed E-state index contributed by atoms with van der Waals surface area (Å²) in [5.74, 6) is -1.19. The summed E-state index contributed by atoms with van der Waals surface area (Å²) in [5, 5.41) is 30.6. The van der Waals surface area contributed by atoms with E-state index >= 15 is 0 Å². The Morgan fingerprint density at radius 1 is 0.741 bits per heavy atom. The molecule has 0 bridgehead atoms. The zero-order chi connectivity index (χ0) is 37.4. The molecule has 0 fully saturated rings. The fourth-order valence-electron chi connectivity index (χ4n) is 4.03. The van der Waals surface area contributed by atoms with Gasteiger partial charge in [-0.05, 0) is 54.6 Å². The first kappa shape index (κ1) is 50.1. The van der Waals surface area contributed by atoms with E-state index in [1.807, 2.05) is 0 Å². The predicted molar refractivity (Wildman–Crippen MR) is 175 cm³/mol. The van der Waals surface area contributed by atoms with Gasteiger partial charge in [0, 0.05) is 11.3 Å². The van der Waals surface area contributed by atoms with Crippen LogP contribution in [0.5, 0.6) is 0 Å². The number of anilines is 3. The van der Waals surface area contributed by atoms with Crippen LogP contribution in [0.1, 0.15) is 10.4 Å². The molecular weight excluding hydrogens is 828 g/mol. The normalized spacial score (nSPS) is 11.8. The molecule has 0 radical (unpaired) electrons. The Bertz CT molecular complexity index is 2360. The summed E-state index contributed by atoms with van der Waals surface area (Å²) in [6.45, 7) is -0.350. The molecule has 0 aromatic heterocycles. The van der Waals surface area contributed by atoms with Crippen molar-refractivity contribution < 1.29 is 147 Å². The Morgan fingerprint density at radius 2 is 1.39 bits per heavy atom. The molecule has 0 aliphatic heterocycles. The summed E-state index contributed by atoms with van der Waals surface area (Å²) in [5.41, 5.74) is 9.57. The van der Waals surface area contributed by atoms with Gasteiger partial charge in [-0.15, -0.1) is 19.7 Å². The molecule has 0 saturated carbocycles. The van der Waals surface area contributed by atoms with Crippen LogP contribution >= 0.6 is 12.3 Å². The van der Waals surface area contributed by atoms with Crippen molar-refractivity contribution in [3.63, 3.8) is 0 Å². The topological polar surface area (TPSA) is 330 Å². The van der Waals surface area contributed by atoms with Crippen molar-refractivity contribution in [1.29, 1.82) is 0 Å². The Kier molecular flexibility index (Phi) is 20.6. The Balaban J connectivity index is 0.00000486. The van der Waals surface area contributed by atoms with E-state index in [1.54, 1.807) is 0 Å². The van der Waals surface area contributed by atoms with Gasteiger partial charge < -0.3 is 31.1 Å². The van der Waals surface area contributed by atoms with E-state index in [9.17, 15) is 44.4 Å². The zero-order valence-electron chi connectivity index (χ0n) is 28.3. The van der Waals surface area contributed by atoms with Gasteiger partial charge in [-0.25, -0.2) is 25.3 Å². The number of nitrogens with zero attached hydrogens (tertiary/aromatic N) is 4. The maximum atomic E-state index is 13.0. The van der Waals surface area contributed by atoms with Crippen molar-refractivity contribution in [3.8, 4) is 0 Å². The quantitative estimate of drug-likeness (QED) is 0.0147. The predicted octanol–water partition coefficient (Wildman–Crippen LogP) is -5.67. The number of amides is 1. The van der Waals surface area contributed by atoms with Crippen LogP contribution < -0.4 is 111 Å². The molecule has 0 heterocycles. The summed E-state index contributed by atoms with van der Waals surface area (Å²) in [7, 11) is -14.1. The van der Waals surface area contributed by atoms with Crippen LogP contribution in [0, 0.1) is 0 Å². The third-order valence-electron chi connectivity index (χ3n) is 6.35. The van der Waals surface area contributed by atoms with Crippen molar-refractivity contribution in [1.82, 2.24) is 0 Å². The van der Waals surface area contributed by atoms with Crippen LogP contribution in [0.25, 0.3) is 0 Å². The van der Waals surface area contributed by atoms with Crippen LogP contribution in [-0.4, -0.2) is 52.6 Å². The molecular formula is C27H22N7Na3O13S4. The summed E-state index contributed by atoms with van der Waals surface area (Å²) in [4.78, 5) is 11.1. The second-order valence-corrected chi connectivity index (χ2v) is 15.0. The molecule has 27 heteroatoms. The third-order valence-corrected chi connectivity index (χ3v) is 10.2. The second kappa shape index (κ2) is 22.2. The van der Waals surface area contributed by atoms with Gasteiger partial charge in [0.05, 0.1) is 44.1 Å². The van der Waals surface area contributed by atoms with E-state index in [2.05, 4.69) is 35.1 Å². The number of sulfone groups is 1. The van der Waals surface area contributed by atoms with Gasteiger partial charge >= 0.3 is 88.7 Å². The summed E-state index contributed by atoms with van der Waals surface area (Å²) < 4.78 is 105. The number of rotatable bonds is 15. The molecule has 0 atom stereocenters. The van der Waals surface area contributed by atoms with Crippen LogP contribution in [0.15, 0.2) is 114 Å². The van der Waals surface area contributed by atoms with Gasteiger partial charge in [0.1, 0.15) is 37.3 Å². The number of hydrogen-bond donors (Lipinski definition) is 3.